The van der Waals surface area contributed by atoms with Crippen molar-refractivity contribution in [3.8, 4) is 0 Å². The largest absolute Gasteiger partial charge is 0.382 e. The average molecular weight is 230 g/mol. The van der Waals surface area contributed by atoms with Gasteiger partial charge < -0.3 is 9.47 Å². The highest BCUT2D eigenvalue weighted by molar-refractivity contribution is 4.87. The maximum atomic E-state index is 6.08. The van der Waals surface area contributed by atoms with E-state index in [-0.39, 0.29) is 5.60 Å². The van der Waals surface area contributed by atoms with Gasteiger partial charge in [-0.2, -0.15) is 0 Å². The molecule has 0 aliphatic carbocycles. The van der Waals surface area contributed by atoms with Gasteiger partial charge >= 0.3 is 0 Å². The molecule has 0 saturated carbocycles. The van der Waals surface area contributed by atoms with E-state index in [9.17, 15) is 0 Å². The lowest BCUT2D eigenvalue weighted by atomic mass is 9.77. The van der Waals surface area contributed by atoms with Crippen LogP contribution in [0.15, 0.2) is 0 Å². The zero-order valence-corrected chi connectivity index (χ0v) is 12.0. The molecule has 0 N–H and O–H groups in total. The summed E-state index contributed by atoms with van der Waals surface area (Å²) in [4.78, 5) is 0. The van der Waals surface area contributed by atoms with Gasteiger partial charge in [-0.1, -0.05) is 27.7 Å². The van der Waals surface area contributed by atoms with E-state index >= 15 is 0 Å². The van der Waals surface area contributed by atoms with Gasteiger partial charge in [0.15, 0.2) is 0 Å². The normalized spacial score (nSPS) is 12.8. The molecule has 0 aromatic rings. The van der Waals surface area contributed by atoms with Crippen molar-refractivity contribution >= 4 is 0 Å². The molecule has 16 heavy (non-hydrogen) atoms. The van der Waals surface area contributed by atoms with Crippen molar-refractivity contribution in [1.29, 1.82) is 0 Å². The summed E-state index contributed by atoms with van der Waals surface area (Å²) in [7, 11) is 0. The van der Waals surface area contributed by atoms with Crippen LogP contribution in [0.25, 0.3) is 0 Å². The van der Waals surface area contributed by atoms with Crippen molar-refractivity contribution in [2.45, 2.75) is 60.0 Å². The van der Waals surface area contributed by atoms with Crippen LogP contribution in [0.4, 0.5) is 0 Å². The smallest absolute Gasteiger partial charge is 0.0728 e. The van der Waals surface area contributed by atoms with Gasteiger partial charge in [-0.3, -0.25) is 0 Å². The van der Waals surface area contributed by atoms with Crippen molar-refractivity contribution < 1.29 is 9.47 Å². The Morgan fingerprint density at radius 2 is 1.50 bits per heavy atom. The van der Waals surface area contributed by atoms with Crippen LogP contribution < -0.4 is 0 Å². The molecule has 0 aliphatic rings. The highest BCUT2D eigenvalue weighted by Crippen LogP contribution is 2.35. The molecule has 0 fully saturated rings. The lowest BCUT2D eigenvalue weighted by Gasteiger charge is -2.41. The molecular weight excluding hydrogens is 200 g/mol. The van der Waals surface area contributed by atoms with Crippen LogP contribution >= 0.6 is 0 Å². The summed E-state index contributed by atoms with van der Waals surface area (Å²) in [6.07, 6.45) is 2.18. The SMILES string of the molecule is CCOCCCC(OCC)(C(C)C)C(C)C. The summed E-state index contributed by atoms with van der Waals surface area (Å²) in [5, 5.41) is 0. The molecule has 98 valence electrons. The fourth-order valence-corrected chi connectivity index (χ4v) is 2.51. The summed E-state index contributed by atoms with van der Waals surface area (Å²) in [5.74, 6) is 1.10. The van der Waals surface area contributed by atoms with Gasteiger partial charge in [0, 0.05) is 19.8 Å². The van der Waals surface area contributed by atoms with Crippen molar-refractivity contribution in [3.05, 3.63) is 0 Å². The number of hydrogen-bond donors (Lipinski definition) is 0. The van der Waals surface area contributed by atoms with Crippen LogP contribution in [-0.4, -0.2) is 25.4 Å². The monoisotopic (exact) mass is 230 g/mol. The van der Waals surface area contributed by atoms with Crippen LogP contribution in [0, 0.1) is 11.8 Å². The van der Waals surface area contributed by atoms with E-state index in [4.69, 9.17) is 9.47 Å². The van der Waals surface area contributed by atoms with Crippen LogP contribution in [0.1, 0.15) is 54.4 Å². The first-order chi connectivity index (χ1) is 7.51. The van der Waals surface area contributed by atoms with E-state index in [0.717, 1.165) is 32.7 Å². The second kappa shape index (κ2) is 8.08. The summed E-state index contributed by atoms with van der Waals surface area (Å²) in [6, 6.07) is 0. The van der Waals surface area contributed by atoms with Crippen LogP contribution in [0.2, 0.25) is 0 Å². The lowest BCUT2D eigenvalue weighted by Crippen LogP contribution is -2.44. The minimum atomic E-state index is 0.0197. The molecule has 0 atom stereocenters. The molecule has 2 heteroatoms. The molecule has 0 bridgehead atoms. The van der Waals surface area contributed by atoms with Crippen molar-refractivity contribution in [2.24, 2.45) is 11.8 Å². The number of ether oxygens (including phenoxy) is 2. The summed E-state index contributed by atoms with van der Waals surface area (Å²) >= 11 is 0. The van der Waals surface area contributed by atoms with Gasteiger partial charge in [-0.25, -0.2) is 0 Å². The van der Waals surface area contributed by atoms with Gasteiger partial charge in [0.05, 0.1) is 5.60 Å². The predicted molar refractivity (Wildman–Crippen MR) is 69.8 cm³/mol. The van der Waals surface area contributed by atoms with Crippen LogP contribution in [0.3, 0.4) is 0 Å². The van der Waals surface area contributed by atoms with Gasteiger partial charge in [0.2, 0.25) is 0 Å². The number of hydrogen-bond acceptors (Lipinski definition) is 2. The highest BCUT2D eigenvalue weighted by atomic mass is 16.5. The lowest BCUT2D eigenvalue weighted by molar-refractivity contribution is -0.114. The quantitative estimate of drug-likeness (QED) is 0.559. The topological polar surface area (TPSA) is 18.5 Å². The maximum Gasteiger partial charge on any atom is 0.0728 e. The first-order valence-corrected chi connectivity index (χ1v) is 6.72. The first-order valence-electron chi connectivity index (χ1n) is 6.72. The molecule has 0 aromatic heterocycles. The van der Waals surface area contributed by atoms with Gasteiger partial charge in [-0.05, 0) is 38.5 Å². The third kappa shape index (κ3) is 4.42. The third-order valence-corrected chi connectivity index (χ3v) is 3.43. The Morgan fingerprint density at radius 3 is 1.88 bits per heavy atom. The summed E-state index contributed by atoms with van der Waals surface area (Å²) in [6.45, 7) is 15.6. The summed E-state index contributed by atoms with van der Waals surface area (Å²) in [5.41, 5.74) is 0.0197. The maximum absolute atomic E-state index is 6.08. The Labute approximate surface area is 102 Å². The standard InChI is InChI=1S/C14H30O2/c1-7-15-11-9-10-14(12(3)4,13(5)6)16-8-2/h12-13H,7-11H2,1-6H3. The fraction of sp³-hybridized carbons (Fsp3) is 1.00. The highest BCUT2D eigenvalue weighted by Gasteiger charge is 2.37. The van der Waals surface area contributed by atoms with Crippen LogP contribution in [0.5, 0.6) is 0 Å². The Kier molecular flexibility index (Phi) is 8.04. The molecule has 0 unspecified atom stereocenters. The molecule has 0 aromatic carbocycles. The molecule has 0 aliphatic heterocycles. The minimum Gasteiger partial charge on any atom is -0.382 e. The Morgan fingerprint density at radius 1 is 0.938 bits per heavy atom. The van der Waals surface area contributed by atoms with Gasteiger partial charge in [0.25, 0.3) is 0 Å². The van der Waals surface area contributed by atoms with E-state index in [0.29, 0.717) is 11.8 Å². The Balaban J connectivity index is 4.38. The van der Waals surface area contributed by atoms with Gasteiger partial charge in [-0.15, -0.1) is 0 Å². The molecule has 0 amide bonds. The first kappa shape index (κ1) is 15.9. The Bertz CT molecular complexity index is 156. The van der Waals surface area contributed by atoms with Crippen LogP contribution in [-0.2, 0) is 9.47 Å². The van der Waals surface area contributed by atoms with Gasteiger partial charge in [0.1, 0.15) is 0 Å². The second-order valence-electron chi connectivity index (χ2n) is 5.00. The van der Waals surface area contributed by atoms with Crippen molar-refractivity contribution in [1.82, 2.24) is 0 Å². The molecule has 0 radical (unpaired) electrons. The third-order valence-electron chi connectivity index (χ3n) is 3.43. The minimum absolute atomic E-state index is 0.0197. The van der Waals surface area contributed by atoms with Crippen molar-refractivity contribution in [2.75, 3.05) is 19.8 Å². The fourth-order valence-electron chi connectivity index (χ4n) is 2.51. The van der Waals surface area contributed by atoms with E-state index in [1.165, 1.54) is 0 Å². The van der Waals surface area contributed by atoms with Crippen molar-refractivity contribution in [3.63, 3.8) is 0 Å². The van der Waals surface area contributed by atoms with E-state index in [1.54, 1.807) is 0 Å². The van der Waals surface area contributed by atoms with E-state index in [1.807, 2.05) is 6.92 Å². The average Bonchev–Trinajstić information content (AvgIpc) is 2.21. The zero-order valence-electron chi connectivity index (χ0n) is 12.0. The van der Waals surface area contributed by atoms with E-state index < -0.39 is 0 Å². The zero-order chi connectivity index (χ0) is 12.6. The molecule has 0 spiro atoms. The predicted octanol–water partition coefficient (Wildman–Crippen LogP) is 3.89. The summed E-state index contributed by atoms with van der Waals surface area (Å²) < 4.78 is 11.5. The van der Waals surface area contributed by atoms with E-state index in [2.05, 4.69) is 34.6 Å². The molecule has 0 rings (SSSR count). The molecule has 2 nitrogen and oxygen atoms in total. The molecule has 0 heterocycles. The second-order valence-corrected chi connectivity index (χ2v) is 5.00. The molecular formula is C14H30O2. The molecule has 0 saturated heterocycles. The Hall–Kier alpha value is -0.0800. The number of rotatable bonds is 9.